The number of carbonyl (C=O) groups is 4. The van der Waals surface area contributed by atoms with Crippen LogP contribution < -0.4 is 19.7 Å². The largest absolute Gasteiger partial charge is 0.490 e. The standard InChI is InChI=1S/C49H48N6O8/c1-49(2,3)63-48(59)53-26-24-41(25-27-53)62-40-21-17-38(18-22-40)54(46(57)35-11-13-36(14-12-35)47(58)60-4)30-44-52-42-28-34(29-50)10-23-43(42)55(44)31-45(56)51-37-15-19-39(20-16-37)61-32-33-8-6-5-7-9-33/h5-23,28,41H,24-27,30-32H2,1-4H3,(H,51,56). The van der Waals surface area contributed by atoms with Gasteiger partial charge in [-0.3, -0.25) is 9.59 Å². The Labute approximate surface area is 365 Å². The normalized spacial score (nSPS) is 12.8. The number of anilines is 2. The predicted molar refractivity (Wildman–Crippen MR) is 236 cm³/mol. The van der Waals surface area contributed by atoms with Crippen molar-refractivity contribution < 1.29 is 38.1 Å². The van der Waals surface area contributed by atoms with Gasteiger partial charge in [0.25, 0.3) is 5.91 Å². The van der Waals surface area contributed by atoms with Gasteiger partial charge < -0.3 is 38.6 Å². The Morgan fingerprint density at radius 3 is 2.16 bits per heavy atom. The van der Waals surface area contributed by atoms with Gasteiger partial charge in [0.2, 0.25) is 5.91 Å². The minimum absolute atomic E-state index is 0.0712. The molecule has 0 spiro atoms. The Morgan fingerprint density at radius 1 is 0.841 bits per heavy atom. The topological polar surface area (TPSA) is 165 Å². The van der Waals surface area contributed by atoms with Crippen LogP contribution in [0.2, 0.25) is 0 Å². The summed E-state index contributed by atoms with van der Waals surface area (Å²) in [6.45, 7) is 6.70. The van der Waals surface area contributed by atoms with E-state index in [2.05, 4.69) is 11.4 Å². The Bertz CT molecular complexity index is 2610. The predicted octanol–water partition coefficient (Wildman–Crippen LogP) is 8.54. The minimum Gasteiger partial charge on any atom is -0.490 e. The number of imidazole rings is 1. The SMILES string of the molecule is COC(=O)c1ccc(C(=O)N(Cc2nc3cc(C#N)ccc3n2CC(=O)Nc2ccc(OCc3ccccc3)cc2)c2ccc(OC3CCN(C(=O)OC(C)(C)C)CC3)cc2)cc1. The third kappa shape index (κ3) is 11.2. The van der Waals surface area contributed by atoms with Crippen LogP contribution in [0.4, 0.5) is 16.2 Å². The van der Waals surface area contributed by atoms with E-state index in [1.165, 1.54) is 24.1 Å². The number of nitriles is 1. The number of ether oxygens (including phenoxy) is 4. The molecule has 63 heavy (non-hydrogen) atoms. The molecule has 1 saturated heterocycles. The van der Waals surface area contributed by atoms with Gasteiger partial charge in [-0.25, -0.2) is 14.6 Å². The molecule has 2 heterocycles. The van der Waals surface area contributed by atoms with E-state index in [0.717, 1.165) is 5.56 Å². The summed E-state index contributed by atoms with van der Waals surface area (Å²) >= 11 is 0. The van der Waals surface area contributed by atoms with E-state index >= 15 is 0 Å². The average molecular weight is 849 g/mol. The maximum atomic E-state index is 14.5. The second-order valence-corrected chi connectivity index (χ2v) is 16.0. The molecule has 0 atom stereocenters. The molecule has 322 valence electrons. The molecule has 14 nitrogen and oxygen atoms in total. The summed E-state index contributed by atoms with van der Waals surface area (Å²) in [7, 11) is 1.29. The highest BCUT2D eigenvalue weighted by atomic mass is 16.6. The molecule has 1 aliphatic rings. The number of benzene rings is 5. The van der Waals surface area contributed by atoms with Crippen LogP contribution in [0.5, 0.6) is 11.5 Å². The molecule has 1 N–H and O–H groups in total. The maximum absolute atomic E-state index is 14.5. The van der Waals surface area contributed by atoms with Crippen molar-refractivity contribution in [2.75, 3.05) is 30.4 Å². The molecule has 1 fully saturated rings. The second-order valence-electron chi connectivity index (χ2n) is 16.0. The number of methoxy groups -OCH3 is 1. The van der Waals surface area contributed by atoms with Gasteiger partial charge in [-0.2, -0.15) is 5.26 Å². The lowest BCUT2D eigenvalue weighted by molar-refractivity contribution is -0.116. The zero-order chi connectivity index (χ0) is 44.5. The monoisotopic (exact) mass is 848 g/mol. The number of nitrogens with zero attached hydrogens (tertiary/aromatic N) is 5. The Morgan fingerprint density at radius 2 is 1.51 bits per heavy atom. The van der Waals surface area contributed by atoms with Crippen LogP contribution in [0.3, 0.4) is 0 Å². The third-order valence-corrected chi connectivity index (χ3v) is 10.3. The van der Waals surface area contributed by atoms with E-state index in [1.54, 1.807) is 88.3 Å². The highest BCUT2D eigenvalue weighted by molar-refractivity contribution is 6.06. The molecule has 1 aliphatic heterocycles. The van der Waals surface area contributed by atoms with Crippen molar-refractivity contribution in [1.29, 1.82) is 5.26 Å². The first-order valence-electron chi connectivity index (χ1n) is 20.6. The fourth-order valence-corrected chi connectivity index (χ4v) is 7.09. The average Bonchev–Trinajstić information content (AvgIpc) is 3.63. The molecule has 1 aromatic heterocycles. The Kier molecular flexibility index (Phi) is 13.4. The summed E-state index contributed by atoms with van der Waals surface area (Å²) in [5.41, 5.74) is 3.58. The number of piperidine rings is 1. The highest BCUT2D eigenvalue weighted by Gasteiger charge is 2.28. The summed E-state index contributed by atoms with van der Waals surface area (Å²) in [6, 6.07) is 37.3. The number of amides is 3. The fourth-order valence-electron chi connectivity index (χ4n) is 7.09. The molecule has 0 radical (unpaired) electrons. The highest BCUT2D eigenvalue weighted by Crippen LogP contribution is 2.28. The fraction of sp³-hybridized carbons (Fsp3) is 0.265. The van der Waals surface area contributed by atoms with Gasteiger partial charge in [-0.05, 0) is 117 Å². The van der Waals surface area contributed by atoms with Gasteiger partial charge in [0, 0.05) is 42.9 Å². The van der Waals surface area contributed by atoms with Crippen molar-refractivity contribution >= 4 is 46.3 Å². The molecular formula is C49H48N6O8. The van der Waals surface area contributed by atoms with E-state index in [9.17, 15) is 24.4 Å². The number of aromatic nitrogens is 2. The van der Waals surface area contributed by atoms with Gasteiger partial charge >= 0.3 is 12.1 Å². The first-order valence-corrected chi connectivity index (χ1v) is 20.6. The molecule has 0 unspecified atom stereocenters. The quantitative estimate of drug-likeness (QED) is 0.111. The summed E-state index contributed by atoms with van der Waals surface area (Å²) in [5.74, 6) is 0.355. The number of nitrogens with one attached hydrogen (secondary N) is 1. The second kappa shape index (κ2) is 19.4. The van der Waals surface area contributed by atoms with Crippen molar-refractivity contribution in [2.45, 2.75) is 65.0 Å². The molecule has 6 aromatic rings. The van der Waals surface area contributed by atoms with Crippen molar-refractivity contribution in [2.24, 2.45) is 0 Å². The van der Waals surface area contributed by atoms with Crippen molar-refractivity contribution in [3.05, 3.63) is 149 Å². The van der Waals surface area contributed by atoms with Crippen LogP contribution in [0.15, 0.2) is 121 Å². The molecular weight excluding hydrogens is 801 g/mol. The van der Waals surface area contributed by atoms with Crippen LogP contribution >= 0.6 is 0 Å². The summed E-state index contributed by atoms with van der Waals surface area (Å²) in [6.07, 6.45) is 0.777. The maximum Gasteiger partial charge on any atom is 0.410 e. The number of fused-ring (bicyclic) bond motifs is 1. The molecule has 0 bridgehead atoms. The molecule has 7 rings (SSSR count). The van der Waals surface area contributed by atoms with Crippen LogP contribution in [0.1, 0.15) is 71.3 Å². The number of hydrogen-bond acceptors (Lipinski definition) is 10. The molecule has 3 amide bonds. The summed E-state index contributed by atoms with van der Waals surface area (Å²) < 4.78 is 24.3. The van der Waals surface area contributed by atoms with Crippen LogP contribution in [0, 0.1) is 11.3 Å². The Hall–Kier alpha value is -7.66. The van der Waals surface area contributed by atoms with Gasteiger partial charge in [0.15, 0.2) is 0 Å². The van der Waals surface area contributed by atoms with E-state index in [-0.39, 0.29) is 36.8 Å². The number of carbonyl (C=O) groups excluding carboxylic acids is 4. The van der Waals surface area contributed by atoms with Crippen molar-refractivity contribution in [3.63, 3.8) is 0 Å². The first kappa shape index (κ1) is 43.4. The van der Waals surface area contributed by atoms with Crippen molar-refractivity contribution in [3.8, 4) is 17.6 Å². The molecule has 0 aliphatic carbocycles. The molecule has 14 heteroatoms. The van der Waals surface area contributed by atoms with Crippen LogP contribution in [-0.4, -0.2) is 70.2 Å². The lowest BCUT2D eigenvalue weighted by atomic mass is 10.1. The lowest BCUT2D eigenvalue weighted by Gasteiger charge is -2.33. The number of likely N-dealkylation sites (tertiary alicyclic amines) is 1. The number of hydrogen-bond donors (Lipinski definition) is 1. The zero-order valence-corrected chi connectivity index (χ0v) is 35.6. The lowest BCUT2D eigenvalue weighted by Crippen LogP contribution is -2.44. The van der Waals surface area contributed by atoms with Gasteiger partial charge in [0.1, 0.15) is 42.2 Å². The smallest absolute Gasteiger partial charge is 0.410 e. The Balaban J connectivity index is 1.12. The zero-order valence-electron chi connectivity index (χ0n) is 35.6. The van der Waals surface area contributed by atoms with Crippen LogP contribution in [-0.2, 0) is 34.0 Å². The van der Waals surface area contributed by atoms with Gasteiger partial charge in [0.05, 0.1) is 41.9 Å². The van der Waals surface area contributed by atoms with Crippen molar-refractivity contribution in [1.82, 2.24) is 14.5 Å². The first-order chi connectivity index (χ1) is 30.3. The van der Waals surface area contributed by atoms with E-state index in [1.807, 2.05) is 51.1 Å². The minimum atomic E-state index is -0.580. The molecule has 0 saturated carbocycles. The van der Waals surface area contributed by atoms with E-state index in [0.29, 0.717) is 83.4 Å². The molecule has 5 aromatic carbocycles. The number of esters is 1. The summed E-state index contributed by atoms with van der Waals surface area (Å²) in [5, 5.41) is 12.6. The van der Waals surface area contributed by atoms with E-state index in [4.69, 9.17) is 23.9 Å². The summed E-state index contributed by atoms with van der Waals surface area (Å²) in [4.78, 5) is 61.1. The number of rotatable bonds is 13. The van der Waals surface area contributed by atoms with Gasteiger partial charge in [-0.15, -0.1) is 0 Å². The van der Waals surface area contributed by atoms with Crippen LogP contribution in [0.25, 0.3) is 11.0 Å². The van der Waals surface area contributed by atoms with E-state index < -0.39 is 17.5 Å². The third-order valence-electron chi connectivity index (χ3n) is 10.3. The van der Waals surface area contributed by atoms with Gasteiger partial charge in [-0.1, -0.05) is 30.3 Å².